The Hall–Kier alpha value is -1.55. The smallest absolute Gasteiger partial charge is 0.187 e. The maximum absolute atomic E-state index is 12.0. The summed E-state index contributed by atoms with van der Waals surface area (Å²) in [5.41, 5.74) is 2.40. The van der Waals surface area contributed by atoms with Crippen LogP contribution in [0.4, 0.5) is 0 Å². The molecule has 0 atom stereocenters. The summed E-state index contributed by atoms with van der Waals surface area (Å²) in [6.45, 7) is 5.87. The fraction of sp³-hybridized carbons (Fsp3) is 0.308. The Morgan fingerprint density at radius 3 is 2.59 bits per heavy atom. The number of aromatic nitrogens is 2. The summed E-state index contributed by atoms with van der Waals surface area (Å²) in [6, 6.07) is 5.49. The van der Waals surface area contributed by atoms with Gasteiger partial charge in [0.1, 0.15) is 10.7 Å². The predicted molar refractivity (Wildman–Crippen MR) is 68.6 cm³/mol. The van der Waals surface area contributed by atoms with Crippen molar-refractivity contribution in [3.8, 4) is 0 Å². The minimum absolute atomic E-state index is 0.0300. The van der Waals surface area contributed by atoms with Gasteiger partial charge in [0.15, 0.2) is 5.78 Å². The lowest BCUT2D eigenvalue weighted by atomic mass is 10.2. The summed E-state index contributed by atoms with van der Waals surface area (Å²) >= 11 is 1.58. The van der Waals surface area contributed by atoms with Gasteiger partial charge < -0.3 is 0 Å². The van der Waals surface area contributed by atoms with Gasteiger partial charge in [-0.15, -0.1) is 11.3 Å². The van der Waals surface area contributed by atoms with Crippen LogP contribution in [-0.4, -0.2) is 15.8 Å². The number of hydrogen-bond acceptors (Lipinski definition) is 4. The first-order chi connectivity index (χ1) is 8.06. The Morgan fingerprint density at radius 2 is 2.00 bits per heavy atom. The zero-order chi connectivity index (χ0) is 12.4. The Bertz CT molecular complexity index is 541. The molecule has 0 saturated heterocycles. The van der Waals surface area contributed by atoms with E-state index in [1.165, 1.54) is 4.88 Å². The number of rotatable bonds is 3. The zero-order valence-corrected chi connectivity index (χ0v) is 11.0. The van der Waals surface area contributed by atoms with Crippen molar-refractivity contribution in [2.75, 3.05) is 0 Å². The average Bonchev–Trinajstić information content (AvgIpc) is 2.58. The quantitative estimate of drug-likeness (QED) is 0.782. The number of pyridine rings is 1. The lowest BCUT2D eigenvalue weighted by Gasteiger charge is -1.98. The number of carbonyl (C=O) groups excluding carboxylic acids is 1. The maximum Gasteiger partial charge on any atom is 0.187 e. The van der Waals surface area contributed by atoms with E-state index in [0.29, 0.717) is 12.1 Å². The predicted octanol–water partition coefficient (Wildman–Crippen LogP) is 2.89. The second-order valence-electron chi connectivity index (χ2n) is 4.01. The molecule has 88 valence electrons. The first-order valence-electron chi connectivity index (χ1n) is 5.46. The van der Waals surface area contributed by atoms with Crippen LogP contribution in [0.2, 0.25) is 0 Å². The van der Waals surface area contributed by atoms with E-state index in [9.17, 15) is 4.79 Å². The number of Topliss-reactive ketones (excluding diaryl/α,β-unsaturated/α-hetero) is 1. The molecule has 2 rings (SSSR count). The van der Waals surface area contributed by atoms with Crippen LogP contribution in [0.15, 0.2) is 18.2 Å². The van der Waals surface area contributed by atoms with Gasteiger partial charge in [0.2, 0.25) is 0 Å². The molecule has 0 aliphatic rings. The molecule has 0 aromatic carbocycles. The molecule has 0 radical (unpaired) electrons. The van der Waals surface area contributed by atoms with E-state index in [1.54, 1.807) is 17.4 Å². The molecule has 0 bridgehead atoms. The topological polar surface area (TPSA) is 42.9 Å². The molecule has 0 aliphatic carbocycles. The number of ketones is 1. The fourth-order valence-electron chi connectivity index (χ4n) is 1.54. The van der Waals surface area contributed by atoms with Crippen molar-refractivity contribution in [1.82, 2.24) is 9.97 Å². The van der Waals surface area contributed by atoms with Gasteiger partial charge in [-0.3, -0.25) is 9.78 Å². The van der Waals surface area contributed by atoms with E-state index in [-0.39, 0.29) is 5.78 Å². The second kappa shape index (κ2) is 4.75. The van der Waals surface area contributed by atoms with Crippen molar-refractivity contribution in [3.05, 3.63) is 45.2 Å². The van der Waals surface area contributed by atoms with E-state index in [4.69, 9.17) is 0 Å². The average molecular weight is 246 g/mol. The minimum atomic E-state index is 0.0300. The molecule has 0 spiro atoms. The highest BCUT2D eigenvalue weighted by molar-refractivity contribution is 7.11. The van der Waals surface area contributed by atoms with Gasteiger partial charge in [-0.25, -0.2) is 4.98 Å². The molecule has 0 fully saturated rings. The van der Waals surface area contributed by atoms with Gasteiger partial charge in [-0.2, -0.15) is 0 Å². The van der Waals surface area contributed by atoms with E-state index in [1.807, 2.05) is 32.9 Å². The fourth-order valence-corrected chi connectivity index (χ4v) is 2.47. The van der Waals surface area contributed by atoms with Gasteiger partial charge >= 0.3 is 0 Å². The molecule has 4 heteroatoms. The second-order valence-corrected chi connectivity index (χ2v) is 5.30. The minimum Gasteiger partial charge on any atom is -0.292 e. The van der Waals surface area contributed by atoms with Crippen LogP contribution in [0.3, 0.4) is 0 Å². The summed E-state index contributed by atoms with van der Waals surface area (Å²) in [6.07, 6.45) is 0.343. The van der Waals surface area contributed by atoms with Crippen molar-refractivity contribution < 1.29 is 4.79 Å². The first kappa shape index (κ1) is 11.9. The molecule has 17 heavy (non-hydrogen) atoms. The number of nitrogens with zero attached hydrogens (tertiary/aromatic N) is 2. The van der Waals surface area contributed by atoms with Crippen molar-refractivity contribution in [2.24, 2.45) is 0 Å². The normalized spacial score (nSPS) is 10.5. The van der Waals surface area contributed by atoms with E-state index in [0.717, 1.165) is 16.4 Å². The lowest BCUT2D eigenvalue weighted by Crippen LogP contribution is -2.06. The van der Waals surface area contributed by atoms with Crippen LogP contribution in [0, 0.1) is 20.8 Å². The lowest BCUT2D eigenvalue weighted by molar-refractivity contribution is 0.0988. The third-order valence-corrected chi connectivity index (χ3v) is 3.63. The third kappa shape index (κ3) is 2.77. The summed E-state index contributed by atoms with van der Waals surface area (Å²) < 4.78 is 0. The number of carbonyl (C=O) groups is 1. The summed E-state index contributed by atoms with van der Waals surface area (Å²) in [5.74, 6) is 0.0300. The monoisotopic (exact) mass is 246 g/mol. The molecule has 2 aromatic heterocycles. The standard InChI is InChI=1S/C13H14N2OS/c1-8-5-4-6-11(14-8)12(16)7-13-15-9(2)10(3)17-13/h4-6H,7H2,1-3H3. The summed E-state index contributed by atoms with van der Waals surface area (Å²) in [7, 11) is 0. The van der Waals surface area contributed by atoms with Crippen molar-refractivity contribution >= 4 is 17.1 Å². The van der Waals surface area contributed by atoms with Crippen LogP contribution < -0.4 is 0 Å². The SMILES string of the molecule is Cc1cccc(C(=O)Cc2nc(C)c(C)s2)n1. The third-order valence-electron chi connectivity index (χ3n) is 2.56. The van der Waals surface area contributed by atoms with E-state index in [2.05, 4.69) is 9.97 Å². The van der Waals surface area contributed by atoms with Crippen molar-refractivity contribution in [2.45, 2.75) is 27.2 Å². The van der Waals surface area contributed by atoms with Gasteiger partial charge in [0, 0.05) is 10.6 Å². The van der Waals surface area contributed by atoms with Crippen molar-refractivity contribution in [1.29, 1.82) is 0 Å². The maximum atomic E-state index is 12.0. The zero-order valence-electron chi connectivity index (χ0n) is 10.2. The van der Waals surface area contributed by atoms with Gasteiger partial charge in [-0.1, -0.05) is 6.07 Å². The molecule has 0 aliphatic heterocycles. The molecular formula is C13H14N2OS. The van der Waals surface area contributed by atoms with Crippen LogP contribution in [-0.2, 0) is 6.42 Å². The Labute approximate surface area is 105 Å². The molecule has 2 aromatic rings. The largest absolute Gasteiger partial charge is 0.292 e. The highest BCUT2D eigenvalue weighted by Gasteiger charge is 2.12. The Kier molecular flexibility index (Phi) is 3.33. The summed E-state index contributed by atoms with van der Waals surface area (Å²) in [5, 5.41) is 0.869. The molecule has 0 unspecified atom stereocenters. The van der Waals surface area contributed by atoms with Crippen molar-refractivity contribution in [3.63, 3.8) is 0 Å². The van der Waals surface area contributed by atoms with Crippen LogP contribution in [0.5, 0.6) is 0 Å². The molecule has 0 N–H and O–H groups in total. The van der Waals surface area contributed by atoms with Crippen LogP contribution >= 0.6 is 11.3 Å². The molecule has 0 amide bonds. The van der Waals surface area contributed by atoms with Crippen LogP contribution in [0.1, 0.15) is 31.8 Å². The van der Waals surface area contributed by atoms with Gasteiger partial charge in [0.05, 0.1) is 12.1 Å². The van der Waals surface area contributed by atoms with Gasteiger partial charge in [-0.05, 0) is 32.9 Å². The molecular weight excluding hydrogens is 232 g/mol. The molecule has 0 saturated carbocycles. The highest BCUT2D eigenvalue weighted by atomic mass is 32.1. The molecule has 3 nitrogen and oxygen atoms in total. The van der Waals surface area contributed by atoms with Gasteiger partial charge in [0.25, 0.3) is 0 Å². The van der Waals surface area contributed by atoms with E-state index >= 15 is 0 Å². The Balaban J connectivity index is 2.17. The summed E-state index contributed by atoms with van der Waals surface area (Å²) in [4.78, 5) is 21.8. The number of hydrogen-bond donors (Lipinski definition) is 0. The van der Waals surface area contributed by atoms with E-state index < -0.39 is 0 Å². The highest BCUT2D eigenvalue weighted by Crippen LogP contribution is 2.18. The first-order valence-corrected chi connectivity index (χ1v) is 6.27. The molecule has 2 heterocycles. The van der Waals surface area contributed by atoms with Crippen LogP contribution in [0.25, 0.3) is 0 Å². The Morgan fingerprint density at radius 1 is 1.24 bits per heavy atom. The number of aryl methyl sites for hydroxylation is 3. The number of thiazole rings is 1.